The molecule has 6 nitrogen and oxygen atoms in total. The summed E-state index contributed by atoms with van der Waals surface area (Å²) in [6.07, 6.45) is 0. The van der Waals surface area contributed by atoms with Crippen molar-refractivity contribution < 1.29 is 19.1 Å². The van der Waals surface area contributed by atoms with Crippen LogP contribution in [0, 0.1) is 0 Å². The van der Waals surface area contributed by atoms with Gasteiger partial charge in [0.1, 0.15) is 24.7 Å². The summed E-state index contributed by atoms with van der Waals surface area (Å²) in [7, 11) is 0. The van der Waals surface area contributed by atoms with Crippen molar-refractivity contribution >= 4 is 11.8 Å². The predicted octanol–water partition coefficient (Wildman–Crippen LogP) is 4.74. The van der Waals surface area contributed by atoms with Crippen molar-refractivity contribution in [3.63, 3.8) is 0 Å². The monoisotopic (exact) mass is 466 g/mol. The number of para-hydroxylation sites is 2. The molecular weight excluding hydrogens is 440 g/mol. The van der Waals surface area contributed by atoms with Gasteiger partial charge in [0.25, 0.3) is 5.91 Å². The van der Waals surface area contributed by atoms with Gasteiger partial charge in [-0.3, -0.25) is 20.4 Å². The summed E-state index contributed by atoms with van der Waals surface area (Å²) in [6, 6.07) is 35.2. The lowest BCUT2D eigenvalue weighted by Gasteiger charge is -2.18. The van der Waals surface area contributed by atoms with Crippen molar-refractivity contribution in [3.8, 4) is 11.5 Å². The minimum atomic E-state index is -0.570. The molecule has 2 N–H and O–H groups in total. The van der Waals surface area contributed by atoms with Gasteiger partial charge in [0, 0.05) is 0 Å². The van der Waals surface area contributed by atoms with E-state index in [1.165, 1.54) is 0 Å². The fourth-order valence-electron chi connectivity index (χ4n) is 3.65. The Bertz CT molecular complexity index is 1190. The quantitative estimate of drug-likeness (QED) is 0.276. The van der Waals surface area contributed by atoms with Crippen LogP contribution in [0.4, 0.5) is 0 Å². The first-order valence-electron chi connectivity index (χ1n) is 11.3. The molecule has 0 saturated carbocycles. The molecular formula is C29H26N2O4. The summed E-state index contributed by atoms with van der Waals surface area (Å²) in [5, 5.41) is 0. The van der Waals surface area contributed by atoms with Crippen LogP contribution >= 0.6 is 0 Å². The molecule has 35 heavy (non-hydrogen) atoms. The van der Waals surface area contributed by atoms with Gasteiger partial charge in [-0.15, -0.1) is 0 Å². The van der Waals surface area contributed by atoms with Crippen LogP contribution in [0.5, 0.6) is 11.5 Å². The Morgan fingerprint density at radius 2 is 1.11 bits per heavy atom. The van der Waals surface area contributed by atoms with Gasteiger partial charge in [-0.05, 0) is 35.4 Å². The lowest BCUT2D eigenvalue weighted by molar-refractivity contribution is -0.122. The largest absolute Gasteiger partial charge is 0.490 e. The van der Waals surface area contributed by atoms with Crippen LogP contribution in [0.2, 0.25) is 0 Å². The van der Waals surface area contributed by atoms with Crippen LogP contribution in [0.25, 0.3) is 0 Å². The molecule has 0 aromatic heterocycles. The molecule has 0 unspecified atom stereocenters. The highest BCUT2D eigenvalue weighted by molar-refractivity contribution is 5.98. The van der Waals surface area contributed by atoms with Crippen molar-refractivity contribution in [1.29, 1.82) is 0 Å². The summed E-state index contributed by atoms with van der Waals surface area (Å²) in [5.74, 6) is -0.239. The third kappa shape index (κ3) is 6.48. The van der Waals surface area contributed by atoms with Gasteiger partial charge in [-0.25, -0.2) is 0 Å². The minimum absolute atomic E-state index is 0.260. The summed E-state index contributed by atoms with van der Waals surface area (Å²) in [6.45, 7) is 0.585. The first-order valence-corrected chi connectivity index (χ1v) is 11.3. The van der Waals surface area contributed by atoms with E-state index in [-0.39, 0.29) is 12.5 Å². The van der Waals surface area contributed by atoms with Gasteiger partial charge in [0.05, 0.1) is 11.5 Å². The molecule has 0 saturated heterocycles. The number of hydrogen-bond donors (Lipinski definition) is 2. The number of hydrazine groups is 1. The van der Waals surface area contributed by atoms with E-state index in [9.17, 15) is 9.59 Å². The van der Waals surface area contributed by atoms with Crippen molar-refractivity contribution in [1.82, 2.24) is 10.9 Å². The zero-order valence-electron chi connectivity index (χ0n) is 19.1. The average molecular weight is 467 g/mol. The first kappa shape index (κ1) is 23.6. The number of ether oxygens (including phenoxy) is 2. The maximum Gasteiger partial charge on any atom is 0.273 e. The maximum absolute atomic E-state index is 13.1. The van der Waals surface area contributed by atoms with Gasteiger partial charge < -0.3 is 9.47 Å². The van der Waals surface area contributed by atoms with Crippen LogP contribution in [-0.2, 0) is 4.79 Å². The van der Waals surface area contributed by atoms with Gasteiger partial charge >= 0.3 is 0 Å². The van der Waals surface area contributed by atoms with Gasteiger partial charge in [-0.2, -0.15) is 0 Å². The molecule has 0 aliphatic rings. The highest BCUT2D eigenvalue weighted by Gasteiger charge is 2.23. The summed E-state index contributed by atoms with van der Waals surface area (Å²) >= 11 is 0. The molecule has 0 aliphatic heterocycles. The number of carbonyl (C=O) groups is 2. The SMILES string of the molecule is O=C(NNC(=O)C(c1ccccc1)c1ccccc1)c1ccccc1OCCOc1ccccc1. The van der Waals surface area contributed by atoms with E-state index in [1.807, 2.05) is 91.0 Å². The molecule has 0 bridgehead atoms. The summed E-state index contributed by atoms with van der Waals surface area (Å²) in [4.78, 5) is 26.0. The molecule has 4 aromatic carbocycles. The normalized spacial score (nSPS) is 10.4. The lowest BCUT2D eigenvalue weighted by atomic mass is 9.91. The topological polar surface area (TPSA) is 76.7 Å². The van der Waals surface area contributed by atoms with E-state index in [0.29, 0.717) is 17.9 Å². The Morgan fingerprint density at radius 1 is 0.600 bits per heavy atom. The second-order valence-corrected chi connectivity index (χ2v) is 7.70. The number of hydrogen-bond acceptors (Lipinski definition) is 4. The zero-order chi connectivity index (χ0) is 24.3. The first-order chi connectivity index (χ1) is 17.2. The van der Waals surface area contributed by atoms with Crippen LogP contribution < -0.4 is 20.3 Å². The van der Waals surface area contributed by atoms with E-state index >= 15 is 0 Å². The number of nitrogens with one attached hydrogen (secondary N) is 2. The average Bonchev–Trinajstić information content (AvgIpc) is 2.92. The van der Waals surface area contributed by atoms with Crippen molar-refractivity contribution in [2.24, 2.45) is 0 Å². The number of carbonyl (C=O) groups excluding carboxylic acids is 2. The van der Waals surface area contributed by atoms with Crippen molar-refractivity contribution in [2.45, 2.75) is 5.92 Å². The predicted molar refractivity (Wildman–Crippen MR) is 134 cm³/mol. The molecule has 4 aromatic rings. The number of amides is 2. The fourth-order valence-corrected chi connectivity index (χ4v) is 3.65. The standard InChI is InChI=1S/C29H26N2O4/c32-28(25-18-10-11-19-26(25)35-21-20-34-24-16-8-3-9-17-24)30-31-29(33)27(22-12-4-1-5-13-22)23-14-6-2-7-15-23/h1-19,27H,20-21H2,(H,30,32)(H,31,33). The Kier molecular flexibility index (Phi) is 8.11. The third-order valence-corrected chi connectivity index (χ3v) is 5.31. The molecule has 0 spiro atoms. The Hall–Kier alpha value is -4.58. The smallest absolute Gasteiger partial charge is 0.273 e. The summed E-state index contributed by atoms with van der Waals surface area (Å²) in [5.41, 5.74) is 7.06. The van der Waals surface area contributed by atoms with Crippen molar-refractivity contribution in [3.05, 3.63) is 132 Å². The maximum atomic E-state index is 13.1. The molecule has 0 radical (unpaired) electrons. The van der Waals surface area contributed by atoms with E-state index in [4.69, 9.17) is 9.47 Å². The second kappa shape index (κ2) is 12.0. The Balaban J connectivity index is 1.38. The molecule has 0 heterocycles. The van der Waals surface area contributed by atoms with E-state index in [1.54, 1.807) is 24.3 Å². The molecule has 0 aliphatic carbocycles. The number of rotatable bonds is 9. The molecule has 0 fully saturated rings. The lowest BCUT2D eigenvalue weighted by Crippen LogP contribution is -2.44. The van der Waals surface area contributed by atoms with Gasteiger partial charge in [0.2, 0.25) is 5.91 Å². The van der Waals surface area contributed by atoms with Crippen molar-refractivity contribution in [2.75, 3.05) is 13.2 Å². The Labute approximate surface area is 204 Å². The van der Waals surface area contributed by atoms with E-state index in [2.05, 4.69) is 10.9 Å². The van der Waals surface area contributed by atoms with E-state index < -0.39 is 11.8 Å². The fraction of sp³-hybridized carbons (Fsp3) is 0.103. The van der Waals surface area contributed by atoms with Crippen LogP contribution in [0.3, 0.4) is 0 Å². The van der Waals surface area contributed by atoms with Gasteiger partial charge in [0.15, 0.2) is 0 Å². The Morgan fingerprint density at radius 3 is 1.74 bits per heavy atom. The van der Waals surface area contributed by atoms with Crippen LogP contribution in [0.15, 0.2) is 115 Å². The highest BCUT2D eigenvalue weighted by atomic mass is 16.5. The molecule has 4 rings (SSSR count). The zero-order valence-corrected chi connectivity index (χ0v) is 19.1. The molecule has 176 valence electrons. The third-order valence-electron chi connectivity index (χ3n) is 5.31. The summed E-state index contributed by atoms with van der Waals surface area (Å²) < 4.78 is 11.4. The van der Waals surface area contributed by atoms with Gasteiger partial charge in [-0.1, -0.05) is 91.0 Å². The number of benzene rings is 4. The molecule has 6 heteroatoms. The van der Waals surface area contributed by atoms with E-state index in [0.717, 1.165) is 16.9 Å². The van der Waals surface area contributed by atoms with Crippen LogP contribution in [-0.4, -0.2) is 25.0 Å². The second-order valence-electron chi connectivity index (χ2n) is 7.70. The molecule has 0 atom stereocenters. The van der Waals surface area contributed by atoms with Crippen LogP contribution in [0.1, 0.15) is 27.4 Å². The molecule has 2 amide bonds. The minimum Gasteiger partial charge on any atom is -0.490 e. The highest BCUT2D eigenvalue weighted by Crippen LogP contribution is 2.24.